The third kappa shape index (κ3) is 5.15. The highest BCUT2D eigenvalue weighted by Crippen LogP contribution is 2.07. The Bertz CT molecular complexity index is 696. The lowest BCUT2D eigenvalue weighted by molar-refractivity contribution is 0.813. The number of nitriles is 1. The van der Waals surface area contributed by atoms with E-state index in [1.165, 1.54) is 11.1 Å². The molecule has 0 atom stereocenters. The summed E-state index contributed by atoms with van der Waals surface area (Å²) in [5, 5.41) is 15.4. The highest BCUT2D eigenvalue weighted by molar-refractivity contribution is 5.79. The molecule has 2 aromatic carbocycles. The Morgan fingerprint density at radius 1 is 1.09 bits per heavy atom. The normalized spacial score (nSPS) is 10.9. The number of aryl methyl sites for hydroxylation is 1. The maximum absolute atomic E-state index is 8.82. The lowest BCUT2D eigenvalue weighted by Gasteiger charge is -2.12. The van der Waals surface area contributed by atoms with E-state index in [2.05, 4.69) is 40.8 Å². The third-order valence-corrected chi connectivity index (χ3v) is 3.55. The molecule has 0 saturated carbocycles. The second-order valence-corrected chi connectivity index (χ2v) is 5.28. The van der Waals surface area contributed by atoms with Gasteiger partial charge in [0.05, 0.1) is 18.2 Å². The van der Waals surface area contributed by atoms with E-state index in [4.69, 9.17) is 5.26 Å². The summed E-state index contributed by atoms with van der Waals surface area (Å²) < 4.78 is 0. The van der Waals surface area contributed by atoms with Gasteiger partial charge in [0, 0.05) is 13.1 Å². The van der Waals surface area contributed by atoms with E-state index in [0.29, 0.717) is 12.1 Å². The maximum Gasteiger partial charge on any atom is 0.191 e. The largest absolute Gasteiger partial charge is 0.357 e. The van der Waals surface area contributed by atoms with Crippen LogP contribution in [-0.2, 0) is 13.1 Å². The fraction of sp³-hybridized carbons (Fsp3) is 0.263. The Morgan fingerprint density at radius 3 is 2.48 bits per heavy atom. The number of benzene rings is 2. The van der Waals surface area contributed by atoms with E-state index < -0.39 is 0 Å². The second kappa shape index (κ2) is 8.60. The topological polar surface area (TPSA) is 60.2 Å². The van der Waals surface area contributed by atoms with E-state index in [1.807, 2.05) is 43.3 Å². The van der Waals surface area contributed by atoms with Gasteiger partial charge in [0.1, 0.15) is 0 Å². The van der Waals surface area contributed by atoms with Crippen LogP contribution in [0.2, 0.25) is 0 Å². The second-order valence-electron chi connectivity index (χ2n) is 5.28. The van der Waals surface area contributed by atoms with Crippen molar-refractivity contribution in [3.8, 4) is 6.07 Å². The summed E-state index contributed by atoms with van der Waals surface area (Å²) in [4.78, 5) is 4.60. The standard InChI is InChI=1S/C19H22N4/c1-3-21-19(23-14-18-7-5-4-6-15(18)2)22-13-17-10-8-16(12-20)9-11-17/h4-11H,3,13-14H2,1-2H3,(H2,21,22,23). The van der Waals surface area contributed by atoms with Crippen molar-refractivity contribution in [3.05, 3.63) is 70.8 Å². The maximum atomic E-state index is 8.82. The van der Waals surface area contributed by atoms with E-state index in [-0.39, 0.29) is 0 Å². The molecule has 0 aliphatic heterocycles. The molecule has 0 radical (unpaired) electrons. The molecule has 0 heterocycles. The van der Waals surface area contributed by atoms with Crippen molar-refractivity contribution in [2.45, 2.75) is 26.9 Å². The van der Waals surface area contributed by atoms with Gasteiger partial charge >= 0.3 is 0 Å². The van der Waals surface area contributed by atoms with Crippen molar-refractivity contribution >= 4 is 5.96 Å². The average molecular weight is 306 g/mol. The summed E-state index contributed by atoms with van der Waals surface area (Å²) in [6.45, 7) is 6.29. The average Bonchev–Trinajstić information content (AvgIpc) is 2.59. The Hall–Kier alpha value is -2.80. The van der Waals surface area contributed by atoms with Crippen LogP contribution >= 0.6 is 0 Å². The van der Waals surface area contributed by atoms with E-state index in [9.17, 15) is 0 Å². The molecule has 118 valence electrons. The van der Waals surface area contributed by atoms with Gasteiger partial charge < -0.3 is 10.6 Å². The number of guanidine groups is 1. The highest BCUT2D eigenvalue weighted by atomic mass is 15.2. The molecule has 0 aromatic heterocycles. The minimum absolute atomic E-state index is 0.578. The van der Waals surface area contributed by atoms with Crippen LogP contribution in [0, 0.1) is 18.3 Å². The number of hydrogen-bond donors (Lipinski definition) is 2. The van der Waals surface area contributed by atoms with Crippen LogP contribution in [-0.4, -0.2) is 12.5 Å². The minimum atomic E-state index is 0.578. The highest BCUT2D eigenvalue weighted by Gasteiger charge is 2.01. The van der Waals surface area contributed by atoms with Crippen molar-refractivity contribution in [1.82, 2.24) is 10.6 Å². The molecule has 0 amide bonds. The number of rotatable bonds is 5. The van der Waals surface area contributed by atoms with Crippen molar-refractivity contribution in [2.75, 3.05) is 6.54 Å². The first-order chi connectivity index (χ1) is 11.2. The number of aliphatic imine (C=N–C) groups is 1. The van der Waals surface area contributed by atoms with Crippen molar-refractivity contribution < 1.29 is 0 Å². The Balaban J connectivity index is 1.99. The molecule has 4 nitrogen and oxygen atoms in total. The molecular weight excluding hydrogens is 284 g/mol. The molecule has 0 bridgehead atoms. The predicted octanol–water partition coefficient (Wildman–Crippen LogP) is 3.12. The Morgan fingerprint density at radius 2 is 1.83 bits per heavy atom. The number of nitrogens with one attached hydrogen (secondary N) is 2. The summed E-state index contributed by atoms with van der Waals surface area (Å²) in [6, 6.07) is 18.0. The first-order valence-electron chi connectivity index (χ1n) is 7.78. The Labute approximate surface area is 137 Å². The molecule has 0 saturated heterocycles. The van der Waals surface area contributed by atoms with Crippen LogP contribution < -0.4 is 10.6 Å². The fourth-order valence-corrected chi connectivity index (χ4v) is 2.18. The molecule has 2 N–H and O–H groups in total. The molecule has 0 fully saturated rings. The molecule has 2 aromatic rings. The van der Waals surface area contributed by atoms with Gasteiger partial charge in [-0.15, -0.1) is 0 Å². The van der Waals surface area contributed by atoms with Crippen LogP contribution in [0.4, 0.5) is 0 Å². The van der Waals surface area contributed by atoms with Gasteiger partial charge in [-0.3, -0.25) is 0 Å². The molecule has 2 rings (SSSR count). The van der Waals surface area contributed by atoms with E-state index >= 15 is 0 Å². The summed E-state index contributed by atoms with van der Waals surface area (Å²) in [5.41, 5.74) is 4.28. The van der Waals surface area contributed by atoms with Gasteiger partial charge in [-0.05, 0) is 42.7 Å². The number of nitrogens with zero attached hydrogens (tertiary/aromatic N) is 2. The summed E-state index contributed by atoms with van der Waals surface area (Å²) >= 11 is 0. The zero-order valence-electron chi connectivity index (χ0n) is 13.6. The van der Waals surface area contributed by atoms with Crippen LogP contribution in [0.25, 0.3) is 0 Å². The molecular formula is C19H22N4. The predicted molar refractivity (Wildman–Crippen MR) is 94.0 cm³/mol. The van der Waals surface area contributed by atoms with Gasteiger partial charge in [0.15, 0.2) is 5.96 Å². The SMILES string of the molecule is CCNC(=NCc1ccc(C#N)cc1)NCc1ccccc1C. The summed E-state index contributed by atoms with van der Waals surface area (Å²) in [7, 11) is 0. The van der Waals surface area contributed by atoms with Gasteiger partial charge in [-0.1, -0.05) is 36.4 Å². The van der Waals surface area contributed by atoms with Gasteiger partial charge in [-0.2, -0.15) is 5.26 Å². The molecule has 0 aliphatic carbocycles. The van der Waals surface area contributed by atoms with Crippen LogP contribution in [0.3, 0.4) is 0 Å². The summed E-state index contributed by atoms with van der Waals surface area (Å²) in [6.07, 6.45) is 0. The number of hydrogen-bond acceptors (Lipinski definition) is 2. The van der Waals surface area contributed by atoms with Crippen LogP contribution in [0.15, 0.2) is 53.5 Å². The summed E-state index contributed by atoms with van der Waals surface area (Å²) in [5.74, 6) is 0.792. The third-order valence-electron chi connectivity index (χ3n) is 3.55. The van der Waals surface area contributed by atoms with Gasteiger partial charge in [0.25, 0.3) is 0 Å². The Kier molecular flexibility index (Phi) is 6.19. The monoisotopic (exact) mass is 306 g/mol. The lowest BCUT2D eigenvalue weighted by atomic mass is 10.1. The van der Waals surface area contributed by atoms with Crippen LogP contribution in [0.1, 0.15) is 29.2 Å². The quantitative estimate of drug-likeness (QED) is 0.659. The van der Waals surface area contributed by atoms with Crippen molar-refractivity contribution in [3.63, 3.8) is 0 Å². The zero-order chi connectivity index (χ0) is 16.5. The van der Waals surface area contributed by atoms with Crippen LogP contribution in [0.5, 0.6) is 0 Å². The minimum Gasteiger partial charge on any atom is -0.357 e. The zero-order valence-corrected chi connectivity index (χ0v) is 13.6. The first-order valence-corrected chi connectivity index (χ1v) is 7.78. The molecule has 23 heavy (non-hydrogen) atoms. The van der Waals surface area contributed by atoms with E-state index in [0.717, 1.165) is 24.6 Å². The fourth-order valence-electron chi connectivity index (χ4n) is 2.18. The van der Waals surface area contributed by atoms with Crippen molar-refractivity contribution in [2.24, 2.45) is 4.99 Å². The molecule has 0 unspecified atom stereocenters. The molecule has 4 heteroatoms. The molecule has 0 spiro atoms. The van der Waals surface area contributed by atoms with Crippen molar-refractivity contribution in [1.29, 1.82) is 5.26 Å². The smallest absolute Gasteiger partial charge is 0.191 e. The van der Waals surface area contributed by atoms with Gasteiger partial charge in [0.2, 0.25) is 0 Å². The lowest BCUT2D eigenvalue weighted by Crippen LogP contribution is -2.36. The van der Waals surface area contributed by atoms with E-state index in [1.54, 1.807) is 0 Å². The first kappa shape index (κ1) is 16.6. The van der Waals surface area contributed by atoms with Gasteiger partial charge in [-0.25, -0.2) is 4.99 Å². The molecule has 0 aliphatic rings.